The number of anilines is 1. The third kappa shape index (κ3) is 4.19. The molecule has 1 N–H and O–H groups in total. The third-order valence-electron chi connectivity index (χ3n) is 5.71. The Balaban J connectivity index is 1.18. The van der Waals surface area contributed by atoms with Gasteiger partial charge in [0.15, 0.2) is 17.6 Å². The zero-order valence-corrected chi connectivity index (χ0v) is 18.6. The van der Waals surface area contributed by atoms with Crippen LogP contribution in [0.25, 0.3) is 0 Å². The lowest BCUT2D eigenvalue weighted by Crippen LogP contribution is -2.35. The molecule has 0 saturated heterocycles. The molecule has 3 amide bonds. The molecule has 176 valence electrons. The molecular formula is C26H20N2O7. The first kappa shape index (κ1) is 22.1. The van der Waals surface area contributed by atoms with Crippen LogP contribution in [-0.4, -0.2) is 36.6 Å². The largest absolute Gasteiger partial charge is 0.454 e. The molecule has 1 atom stereocenters. The van der Waals surface area contributed by atoms with Crippen molar-refractivity contribution in [2.75, 3.05) is 11.7 Å². The minimum atomic E-state index is -1.03. The Labute approximate surface area is 200 Å². The lowest BCUT2D eigenvalue weighted by atomic mass is 10.1. The van der Waals surface area contributed by atoms with Gasteiger partial charge in [-0.15, -0.1) is 0 Å². The Morgan fingerprint density at radius 1 is 0.943 bits per heavy atom. The Hall–Kier alpha value is -4.66. The van der Waals surface area contributed by atoms with Crippen LogP contribution >= 0.6 is 0 Å². The van der Waals surface area contributed by atoms with Crippen molar-refractivity contribution in [3.05, 3.63) is 89.0 Å². The van der Waals surface area contributed by atoms with Crippen LogP contribution in [0.15, 0.2) is 66.7 Å². The van der Waals surface area contributed by atoms with Crippen LogP contribution in [0.5, 0.6) is 11.5 Å². The number of nitrogens with one attached hydrogen (secondary N) is 1. The van der Waals surface area contributed by atoms with Gasteiger partial charge in [0.05, 0.1) is 22.4 Å². The Morgan fingerprint density at radius 2 is 1.60 bits per heavy atom. The predicted molar refractivity (Wildman–Crippen MR) is 123 cm³/mol. The molecule has 0 fully saturated rings. The molecule has 9 nitrogen and oxygen atoms in total. The quantitative estimate of drug-likeness (QED) is 0.434. The first-order chi connectivity index (χ1) is 16.9. The number of amides is 3. The number of imide groups is 1. The molecule has 2 aliphatic rings. The van der Waals surface area contributed by atoms with Crippen LogP contribution in [-0.2, 0) is 16.1 Å². The molecule has 5 rings (SSSR count). The highest BCUT2D eigenvalue weighted by Gasteiger charge is 2.36. The summed E-state index contributed by atoms with van der Waals surface area (Å²) in [6.45, 7) is 1.86. The number of hydrogen-bond donors (Lipinski definition) is 1. The van der Waals surface area contributed by atoms with E-state index in [1.807, 2.05) is 0 Å². The molecule has 0 unspecified atom stereocenters. The topological polar surface area (TPSA) is 111 Å². The number of fused-ring (bicyclic) bond motifs is 2. The minimum absolute atomic E-state index is 0.164. The van der Waals surface area contributed by atoms with Crippen LogP contribution in [0.3, 0.4) is 0 Å². The molecule has 35 heavy (non-hydrogen) atoms. The van der Waals surface area contributed by atoms with Gasteiger partial charge in [0.25, 0.3) is 17.7 Å². The summed E-state index contributed by atoms with van der Waals surface area (Å²) in [5, 5.41) is 2.72. The lowest BCUT2D eigenvalue weighted by molar-refractivity contribution is -0.129. The van der Waals surface area contributed by atoms with Crippen molar-refractivity contribution in [3.8, 4) is 11.5 Å². The molecule has 0 aliphatic carbocycles. The fourth-order valence-electron chi connectivity index (χ4n) is 3.84. The van der Waals surface area contributed by atoms with Gasteiger partial charge < -0.3 is 19.5 Å². The molecule has 3 aromatic carbocycles. The maximum absolute atomic E-state index is 12.6. The predicted octanol–water partition coefficient (Wildman–Crippen LogP) is 3.08. The Morgan fingerprint density at radius 3 is 2.29 bits per heavy atom. The van der Waals surface area contributed by atoms with E-state index in [-0.39, 0.29) is 18.9 Å². The van der Waals surface area contributed by atoms with Crippen LogP contribution in [0.4, 0.5) is 5.69 Å². The third-order valence-corrected chi connectivity index (χ3v) is 5.71. The van der Waals surface area contributed by atoms with Crippen molar-refractivity contribution in [1.29, 1.82) is 0 Å². The highest BCUT2D eigenvalue weighted by molar-refractivity contribution is 6.34. The summed E-state index contributed by atoms with van der Waals surface area (Å²) in [7, 11) is 0. The molecule has 0 aromatic heterocycles. The van der Waals surface area contributed by atoms with Crippen LogP contribution < -0.4 is 19.7 Å². The smallest absolute Gasteiger partial charge is 0.338 e. The summed E-state index contributed by atoms with van der Waals surface area (Å²) in [6, 6.07) is 17.8. The first-order valence-corrected chi connectivity index (χ1v) is 10.9. The summed E-state index contributed by atoms with van der Waals surface area (Å²) >= 11 is 0. The molecule has 0 radical (unpaired) electrons. The molecule has 2 aliphatic heterocycles. The molecule has 0 saturated carbocycles. The SMILES string of the molecule is C[C@@H](OC(=O)c1ccc(N2C(=O)c3ccccc3C2=O)cc1)C(=O)NCc1ccc2c(c1)OCO2. The second-order valence-corrected chi connectivity index (χ2v) is 7.99. The van der Waals surface area contributed by atoms with Gasteiger partial charge in [0.1, 0.15) is 0 Å². The van der Waals surface area contributed by atoms with E-state index in [1.165, 1.54) is 31.2 Å². The number of hydrogen-bond acceptors (Lipinski definition) is 7. The van der Waals surface area contributed by atoms with Gasteiger partial charge in [-0.1, -0.05) is 18.2 Å². The highest BCUT2D eigenvalue weighted by atomic mass is 16.7. The average Bonchev–Trinajstić information content (AvgIpc) is 3.44. The number of rotatable bonds is 6. The van der Waals surface area contributed by atoms with Gasteiger partial charge in [0.2, 0.25) is 6.79 Å². The van der Waals surface area contributed by atoms with Crippen LogP contribution in [0, 0.1) is 0 Å². The second kappa shape index (κ2) is 8.94. The van der Waals surface area contributed by atoms with E-state index in [0.717, 1.165) is 10.5 Å². The number of esters is 1. The molecule has 3 aromatic rings. The van der Waals surface area contributed by atoms with Crippen molar-refractivity contribution in [2.45, 2.75) is 19.6 Å². The first-order valence-electron chi connectivity index (χ1n) is 10.9. The van der Waals surface area contributed by atoms with Crippen molar-refractivity contribution in [3.63, 3.8) is 0 Å². The lowest BCUT2D eigenvalue weighted by Gasteiger charge is -2.16. The number of benzene rings is 3. The van der Waals surface area contributed by atoms with E-state index in [0.29, 0.717) is 28.3 Å². The number of carbonyl (C=O) groups is 4. The summed E-state index contributed by atoms with van der Waals surface area (Å²) in [4.78, 5) is 51.2. The van der Waals surface area contributed by atoms with Gasteiger partial charge in [-0.25, -0.2) is 9.69 Å². The summed E-state index contributed by atoms with van der Waals surface area (Å²) in [5.74, 6) is -0.747. The van der Waals surface area contributed by atoms with E-state index < -0.39 is 29.8 Å². The summed E-state index contributed by atoms with van der Waals surface area (Å²) in [5.41, 5.74) is 2.00. The van der Waals surface area contributed by atoms with Crippen LogP contribution in [0.2, 0.25) is 0 Å². The molecule has 9 heteroatoms. The van der Waals surface area contributed by atoms with E-state index in [4.69, 9.17) is 14.2 Å². The van der Waals surface area contributed by atoms with Gasteiger partial charge in [-0.3, -0.25) is 14.4 Å². The summed E-state index contributed by atoms with van der Waals surface area (Å²) in [6.07, 6.45) is -1.03. The minimum Gasteiger partial charge on any atom is -0.454 e. The maximum Gasteiger partial charge on any atom is 0.338 e. The average molecular weight is 472 g/mol. The van der Waals surface area contributed by atoms with Crippen molar-refractivity contribution < 1.29 is 33.4 Å². The number of ether oxygens (including phenoxy) is 3. The standard InChI is InChI=1S/C26H20N2O7/c1-15(23(29)27-13-16-6-11-21-22(12-16)34-14-33-21)35-26(32)17-7-9-18(10-8-17)28-24(30)19-4-2-3-5-20(19)25(28)31/h2-12,15H,13-14H2,1H3,(H,27,29)/t15-/m1/s1. The fraction of sp³-hybridized carbons (Fsp3) is 0.154. The van der Waals surface area contributed by atoms with Crippen molar-refractivity contribution in [1.82, 2.24) is 5.32 Å². The number of carbonyl (C=O) groups excluding carboxylic acids is 4. The van der Waals surface area contributed by atoms with Crippen molar-refractivity contribution >= 4 is 29.4 Å². The zero-order valence-electron chi connectivity index (χ0n) is 18.6. The molecular weight excluding hydrogens is 452 g/mol. The number of nitrogens with zero attached hydrogens (tertiary/aromatic N) is 1. The fourth-order valence-corrected chi connectivity index (χ4v) is 3.84. The second-order valence-electron chi connectivity index (χ2n) is 7.99. The van der Waals surface area contributed by atoms with E-state index in [1.54, 1.807) is 42.5 Å². The normalized spacial score (nSPS) is 14.5. The zero-order chi connectivity index (χ0) is 24.5. The molecule has 0 bridgehead atoms. The molecule has 2 heterocycles. The molecule has 0 spiro atoms. The maximum atomic E-state index is 12.6. The van der Waals surface area contributed by atoms with Gasteiger partial charge in [-0.2, -0.15) is 0 Å². The van der Waals surface area contributed by atoms with E-state index >= 15 is 0 Å². The Kier molecular flexibility index (Phi) is 5.66. The summed E-state index contributed by atoms with van der Waals surface area (Å²) < 4.78 is 15.9. The van der Waals surface area contributed by atoms with Gasteiger partial charge in [0, 0.05) is 6.54 Å². The van der Waals surface area contributed by atoms with E-state index in [2.05, 4.69) is 5.32 Å². The van der Waals surface area contributed by atoms with Crippen LogP contribution in [0.1, 0.15) is 43.6 Å². The Bertz CT molecular complexity index is 1320. The highest BCUT2D eigenvalue weighted by Crippen LogP contribution is 2.32. The monoisotopic (exact) mass is 472 g/mol. The van der Waals surface area contributed by atoms with Gasteiger partial charge in [-0.05, 0) is 61.0 Å². The van der Waals surface area contributed by atoms with Crippen molar-refractivity contribution in [2.24, 2.45) is 0 Å². The van der Waals surface area contributed by atoms with E-state index in [9.17, 15) is 19.2 Å². The van der Waals surface area contributed by atoms with Gasteiger partial charge >= 0.3 is 5.97 Å².